The molecule has 2 heterocycles. The summed E-state index contributed by atoms with van der Waals surface area (Å²) in [5, 5.41) is 12.5. The van der Waals surface area contributed by atoms with E-state index in [1.165, 1.54) is 4.52 Å². The molecule has 2 aromatic heterocycles. The predicted molar refractivity (Wildman–Crippen MR) is 48.7 cm³/mol. The summed E-state index contributed by atoms with van der Waals surface area (Å²) in [6.45, 7) is 0. The number of carboxylic acids is 1. The highest BCUT2D eigenvalue weighted by molar-refractivity contribution is 5.70. The Labute approximate surface area is 79.0 Å². The number of aromatic nitrogens is 3. The lowest BCUT2D eigenvalue weighted by molar-refractivity contribution is -0.136. The van der Waals surface area contributed by atoms with Crippen LogP contribution in [0.5, 0.6) is 0 Å². The van der Waals surface area contributed by atoms with E-state index in [4.69, 9.17) is 10.8 Å². The molecule has 0 aliphatic rings. The normalized spacial score (nSPS) is 10.6. The Bertz CT molecular complexity index is 491. The molecule has 0 atom stereocenters. The first kappa shape index (κ1) is 8.49. The fourth-order valence-electron chi connectivity index (χ4n) is 1.22. The number of hydrogen-bond donors (Lipinski definition) is 2. The maximum atomic E-state index is 10.4. The Balaban J connectivity index is 2.53. The zero-order valence-corrected chi connectivity index (χ0v) is 7.21. The highest BCUT2D eigenvalue weighted by atomic mass is 16.4. The molecule has 0 aliphatic carbocycles. The molecule has 0 saturated carbocycles. The number of carbonyl (C=O) groups is 1. The monoisotopic (exact) mass is 192 g/mol. The lowest BCUT2D eigenvalue weighted by Gasteiger charge is -2.00. The van der Waals surface area contributed by atoms with Crippen LogP contribution in [-0.4, -0.2) is 25.7 Å². The van der Waals surface area contributed by atoms with Crippen LogP contribution in [0.15, 0.2) is 18.3 Å². The highest BCUT2D eigenvalue weighted by Gasteiger charge is 2.07. The lowest BCUT2D eigenvalue weighted by atomic mass is 10.4. The SMILES string of the molecule is Nc1nc(CC(=O)O)nn2cccc12. The van der Waals surface area contributed by atoms with Gasteiger partial charge in [-0.2, -0.15) is 5.10 Å². The molecule has 6 nitrogen and oxygen atoms in total. The van der Waals surface area contributed by atoms with Gasteiger partial charge in [-0.3, -0.25) is 4.79 Å². The second-order valence-corrected chi connectivity index (χ2v) is 2.82. The molecule has 72 valence electrons. The molecular weight excluding hydrogens is 184 g/mol. The van der Waals surface area contributed by atoms with Crippen LogP contribution >= 0.6 is 0 Å². The van der Waals surface area contributed by atoms with Gasteiger partial charge in [0.15, 0.2) is 11.6 Å². The van der Waals surface area contributed by atoms with E-state index in [1.807, 2.05) is 0 Å². The van der Waals surface area contributed by atoms with Gasteiger partial charge in [0.05, 0.1) is 0 Å². The van der Waals surface area contributed by atoms with E-state index in [0.29, 0.717) is 11.3 Å². The number of nitrogens with two attached hydrogens (primary N) is 1. The van der Waals surface area contributed by atoms with Crippen LogP contribution in [0.1, 0.15) is 5.82 Å². The van der Waals surface area contributed by atoms with Crippen molar-refractivity contribution in [1.82, 2.24) is 14.6 Å². The molecule has 0 fully saturated rings. The maximum Gasteiger partial charge on any atom is 0.311 e. The first-order valence-corrected chi connectivity index (χ1v) is 3.98. The first-order valence-electron chi connectivity index (χ1n) is 3.98. The standard InChI is InChI=1S/C8H8N4O2/c9-8-5-2-1-3-12(5)11-6(10-8)4-7(13)14/h1-3H,4H2,(H,13,14)(H2,9,10,11). The Morgan fingerprint density at radius 3 is 3.14 bits per heavy atom. The fourth-order valence-corrected chi connectivity index (χ4v) is 1.22. The first-order chi connectivity index (χ1) is 6.66. The number of rotatable bonds is 2. The van der Waals surface area contributed by atoms with Gasteiger partial charge in [0.25, 0.3) is 0 Å². The van der Waals surface area contributed by atoms with Crippen molar-refractivity contribution >= 4 is 17.3 Å². The Kier molecular flexibility index (Phi) is 1.81. The Morgan fingerprint density at radius 1 is 1.64 bits per heavy atom. The molecular formula is C8H8N4O2. The Hall–Kier alpha value is -2.11. The maximum absolute atomic E-state index is 10.4. The van der Waals surface area contributed by atoms with Gasteiger partial charge in [-0.15, -0.1) is 0 Å². The zero-order chi connectivity index (χ0) is 10.1. The molecule has 0 unspecified atom stereocenters. The van der Waals surface area contributed by atoms with Gasteiger partial charge in [0, 0.05) is 6.20 Å². The number of nitrogen functional groups attached to an aromatic ring is 1. The lowest BCUT2D eigenvalue weighted by Crippen LogP contribution is -2.10. The molecule has 6 heteroatoms. The van der Waals surface area contributed by atoms with Crippen molar-refractivity contribution < 1.29 is 9.90 Å². The van der Waals surface area contributed by atoms with Crippen molar-refractivity contribution in [2.45, 2.75) is 6.42 Å². The van der Waals surface area contributed by atoms with Gasteiger partial charge in [-0.1, -0.05) is 0 Å². The van der Waals surface area contributed by atoms with Crippen LogP contribution in [-0.2, 0) is 11.2 Å². The highest BCUT2D eigenvalue weighted by Crippen LogP contribution is 2.10. The van der Waals surface area contributed by atoms with Gasteiger partial charge >= 0.3 is 5.97 Å². The van der Waals surface area contributed by atoms with Gasteiger partial charge in [-0.05, 0) is 12.1 Å². The third-order valence-corrected chi connectivity index (χ3v) is 1.77. The Morgan fingerprint density at radius 2 is 2.43 bits per heavy atom. The molecule has 0 spiro atoms. The van der Waals surface area contributed by atoms with Crippen LogP contribution in [0, 0.1) is 0 Å². The van der Waals surface area contributed by atoms with Gasteiger partial charge < -0.3 is 10.8 Å². The van der Waals surface area contributed by atoms with E-state index in [2.05, 4.69) is 10.1 Å². The van der Waals surface area contributed by atoms with Crippen LogP contribution in [0.3, 0.4) is 0 Å². The van der Waals surface area contributed by atoms with Crippen LogP contribution in [0.2, 0.25) is 0 Å². The fraction of sp³-hybridized carbons (Fsp3) is 0.125. The van der Waals surface area contributed by atoms with E-state index in [1.54, 1.807) is 18.3 Å². The van der Waals surface area contributed by atoms with Crippen molar-refractivity contribution in [2.75, 3.05) is 5.73 Å². The van der Waals surface area contributed by atoms with Gasteiger partial charge in [0.1, 0.15) is 11.9 Å². The third kappa shape index (κ3) is 1.37. The summed E-state index contributed by atoms with van der Waals surface area (Å²) in [5.41, 5.74) is 6.29. The van der Waals surface area contributed by atoms with E-state index >= 15 is 0 Å². The van der Waals surface area contributed by atoms with E-state index < -0.39 is 5.97 Å². The number of anilines is 1. The molecule has 0 aliphatic heterocycles. The molecule has 0 bridgehead atoms. The number of fused-ring (bicyclic) bond motifs is 1. The third-order valence-electron chi connectivity index (χ3n) is 1.77. The number of carboxylic acid groups (broad SMARTS) is 1. The second kappa shape index (κ2) is 2.99. The quantitative estimate of drug-likeness (QED) is 0.695. The summed E-state index contributed by atoms with van der Waals surface area (Å²) >= 11 is 0. The van der Waals surface area contributed by atoms with Crippen molar-refractivity contribution in [3.05, 3.63) is 24.2 Å². The average Bonchev–Trinajstić information content (AvgIpc) is 2.50. The summed E-state index contributed by atoms with van der Waals surface area (Å²) in [6, 6.07) is 3.53. The number of nitrogens with zero attached hydrogens (tertiary/aromatic N) is 3. The van der Waals surface area contributed by atoms with E-state index in [9.17, 15) is 4.79 Å². The van der Waals surface area contributed by atoms with Crippen molar-refractivity contribution in [1.29, 1.82) is 0 Å². The van der Waals surface area contributed by atoms with Crippen LogP contribution < -0.4 is 5.73 Å². The molecule has 14 heavy (non-hydrogen) atoms. The summed E-state index contributed by atoms with van der Waals surface area (Å²) in [7, 11) is 0. The number of hydrogen-bond acceptors (Lipinski definition) is 4. The molecule has 2 aromatic rings. The smallest absolute Gasteiger partial charge is 0.311 e. The minimum atomic E-state index is -0.976. The van der Waals surface area contributed by atoms with Gasteiger partial charge in [-0.25, -0.2) is 9.50 Å². The molecule has 2 rings (SSSR count). The molecule has 0 amide bonds. The molecule has 0 radical (unpaired) electrons. The minimum absolute atomic E-state index is 0.207. The average molecular weight is 192 g/mol. The largest absolute Gasteiger partial charge is 0.481 e. The summed E-state index contributed by atoms with van der Waals surface area (Å²) < 4.78 is 1.51. The zero-order valence-electron chi connectivity index (χ0n) is 7.21. The van der Waals surface area contributed by atoms with E-state index in [0.717, 1.165) is 0 Å². The minimum Gasteiger partial charge on any atom is -0.481 e. The second-order valence-electron chi connectivity index (χ2n) is 2.82. The van der Waals surface area contributed by atoms with E-state index in [-0.39, 0.29) is 12.2 Å². The summed E-state index contributed by atoms with van der Waals surface area (Å²) in [6.07, 6.45) is 1.47. The summed E-state index contributed by atoms with van der Waals surface area (Å²) in [4.78, 5) is 14.3. The van der Waals surface area contributed by atoms with Crippen molar-refractivity contribution in [2.24, 2.45) is 0 Å². The predicted octanol–water partition coefficient (Wildman–Crippen LogP) is -0.0614. The molecule has 3 N–H and O–H groups in total. The number of aliphatic carboxylic acids is 1. The van der Waals surface area contributed by atoms with Crippen LogP contribution in [0.25, 0.3) is 5.52 Å². The van der Waals surface area contributed by atoms with Crippen LogP contribution in [0.4, 0.5) is 5.82 Å². The van der Waals surface area contributed by atoms with Gasteiger partial charge in [0.2, 0.25) is 0 Å². The van der Waals surface area contributed by atoms with Crippen molar-refractivity contribution in [3.63, 3.8) is 0 Å². The molecule has 0 saturated heterocycles. The van der Waals surface area contributed by atoms with Crippen molar-refractivity contribution in [3.8, 4) is 0 Å². The topological polar surface area (TPSA) is 93.5 Å². The molecule has 0 aromatic carbocycles. The summed E-state index contributed by atoms with van der Waals surface area (Å²) in [5.74, 6) is -0.476.